The third-order valence-electron chi connectivity index (χ3n) is 6.07. The number of alkyl halides is 3. The van der Waals surface area contributed by atoms with E-state index in [-0.39, 0.29) is 16.5 Å². The van der Waals surface area contributed by atoms with E-state index in [1.165, 1.54) is 16.7 Å². The molecule has 8 heteroatoms. The highest BCUT2D eigenvalue weighted by Crippen LogP contribution is 2.43. The first-order valence-electron chi connectivity index (χ1n) is 11.0. The molecule has 0 saturated heterocycles. The fourth-order valence-electron chi connectivity index (χ4n) is 4.04. The van der Waals surface area contributed by atoms with E-state index in [9.17, 15) is 18.0 Å². The van der Waals surface area contributed by atoms with Gasteiger partial charge in [-0.25, -0.2) is 0 Å². The molecule has 180 valence electrons. The summed E-state index contributed by atoms with van der Waals surface area (Å²) in [5, 5.41) is 0. The van der Waals surface area contributed by atoms with E-state index < -0.39 is 32.0 Å². The molecule has 3 rings (SSSR count). The van der Waals surface area contributed by atoms with Gasteiger partial charge in [-0.2, -0.15) is 13.2 Å². The number of fused-ring (bicyclic) bond motifs is 1. The molecule has 0 saturated carbocycles. The lowest BCUT2D eigenvalue weighted by Gasteiger charge is -2.44. The fourth-order valence-corrected chi connectivity index (χ4v) is 5.47. The highest BCUT2D eigenvalue weighted by Gasteiger charge is 2.41. The summed E-state index contributed by atoms with van der Waals surface area (Å²) in [7, 11) is -1.45. The lowest BCUT2D eigenvalue weighted by molar-refractivity contribution is -0.137. The van der Waals surface area contributed by atoms with Crippen LogP contribution in [0.25, 0.3) is 5.70 Å². The van der Waals surface area contributed by atoms with Crippen LogP contribution in [0.1, 0.15) is 58.2 Å². The molecule has 1 aliphatic heterocycles. The van der Waals surface area contributed by atoms with Gasteiger partial charge in [0.15, 0.2) is 9.04 Å². The van der Waals surface area contributed by atoms with Crippen molar-refractivity contribution in [3.05, 3.63) is 69.6 Å². The maximum absolute atomic E-state index is 13.4. The Labute approximate surface area is 194 Å². The number of halogens is 3. The molecular weight excluding hydrogens is 447 g/mol. The van der Waals surface area contributed by atoms with Crippen molar-refractivity contribution in [2.75, 3.05) is 0 Å². The molecule has 0 amide bonds. The minimum Gasteiger partial charge on any atom is -0.483 e. The number of ether oxygens (including phenoxy) is 1. The van der Waals surface area contributed by atoms with Gasteiger partial charge in [0.2, 0.25) is 0 Å². The van der Waals surface area contributed by atoms with E-state index in [1.54, 1.807) is 26.1 Å². The molecule has 0 N–H and O–H groups in total. The van der Waals surface area contributed by atoms with Crippen LogP contribution in [0, 0.1) is 5.41 Å². The van der Waals surface area contributed by atoms with Crippen molar-refractivity contribution >= 4 is 14.7 Å². The van der Waals surface area contributed by atoms with Crippen molar-refractivity contribution in [1.82, 2.24) is 4.57 Å². The van der Waals surface area contributed by atoms with Crippen LogP contribution < -0.4 is 10.3 Å². The Kier molecular flexibility index (Phi) is 6.26. The molecule has 0 aliphatic carbocycles. The molecule has 1 unspecified atom stereocenters. The van der Waals surface area contributed by atoms with Crippen molar-refractivity contribution in [1.29, 1.82) is 0 Å². The van der Waals surface area contributed by atoms with E-state index >= 15 is 0 Å². The molecule has 33 heavy (non-hydrogen) atoms. The van der Waals surface area contributed by atoms with E-state index in [1.807, 2.05) is 13.0 Å². The Morgan fingerprint density at radius 1 is 1.00 bits per heavy atom. The molecule has 0 radical (unpaired) electrons. The van der Waals surface area contributed by atoms with E-state index in [0.717, 1.165) is 17.7 Å². The number of aromatic nitrogens is 1. The van der Waals surface area contributed by atoms with Crippen LogP contribution in [0.3, 0.4) is 0 Å². The average molecular weight is 480 g/mol. The predicted octanol–water partition coefficient (Wildman–Crippen LogP) is 6.19. The quantitative estimate of drug-likeness (QED) is 0.491. The molecule has 1 aromatic heterocycles. The maximum Gasteiger partial charge on any atom is 0.416 e. The molecular formula is C25H32F3NO3Si. The summed E-state index contributed by atoms with van der Waals surface area (Å²) in [6.45, 7) is 15.9. The van der Waals surface area contributed by atoms with Crippen LogP contribution in [0.2, 0.25) is 13.1 Å². The summed E-state index contributed by atoms with van der Waals surface area (Å²) >= 11 is 0. The highest BCUT2D eigenvalue weighted by atomic mass is 28.3. The number of rotatable bonds is 4. The van der Waals surface area contributed by atoms with Crippen LogP contribution in [0.4, 0.5) is 13.2 Å². The second-order valence-corrected chi connectivity index (χ2v) is 12.9. The number of hydrogen-bond acceptors (Lipinski definition) is 3. The Balaban J connectivity index is 2.18. The third kappa shape index (κ3) is 4.96. The molecule has 2 heterocycles. The van der Waals surface area contributed by atoms with Gasteiger partial charge in [-0.1, -0.05) is 20.8 Å². The standard InChI is InChI=1S/C25H32F3NO3Si/c1-22(2,3)24(6,32-33(7)8)16-11-12-29(21(30)14-16)19-15-23(4,5)31-20-10-9-17(13-18(19)20)25(26,27)28/h9-15,33H,1-8H3. The zero-order valence-corrected chi connectivity index (χ0v) is 21.6. The number of hydrogen-bond donors (Lipinski definition) is 0. The minimum atomic E-state index is -4.51. The number of pyridine rings is 1. The van der Waals surface area contributed by atoms with Crippen LogP contribution in [0.15, 0.2) is 47.4 Å². The van der Waals surface area contributed by atoms with Crippen molar-refractivity contribution < 1.29 is 22.3 Å². The smallest absolute Gasteiger partial charge is 0.416 e. The Bertz CT molecular complexity index is 1140. The molecule has 0 bridgehead atoms. The van der Waals surface area contributed by atoms with Crippen molar-refractivity contribution in [2.24, 2.45) is 5.41 Å². The normalized spacial score (nSPS) is 17.8. The summed E-state index contributed by atoms with van der Waals surface area (Å²) in [6.07, 6.45) is -1.21. The van der Waals surface area contributed by atoms with Gasteiger partial charge in [-0.15, -0.1) is 0 Å². The fraction of sp³-hybridized carbons (Fsp3) is 0.480. The molecule has 1 aromatic carbocycles. The Morgan fingerprint density at radius 3 is 2.15 bits per heavy atom. The van der Waals surface area contributed by atoms with Crippen LogP contribution in [-0.2, 0) is 16.2 Å². The third-order valence-corrected chi connectivity index (χ3v) is 7.02. The first kappa shape index (κ1) is 25.3. The van der Waals surface area contributed by atoms with Gasteiger partial charge in [-0.05, 0) is 75.2 Å². The summed E-state index contributed by atoms with van der Waals surface area (Å²) in [5.74, 6) is 0.301. The van der Waals surface area contributed by atoms with Gasteiger partial charge in [0.05, 0.1) is 16.9 Å². The second kappa shape index (κ2) is 8.16. The topological polar surface area (TPSA) is 40.5 Å². The summed E-state index contributed by atoms with van der Waals surface area (Å²) in [5.41, 5.74) is -1.57. The van der Waals surface area contributed by atoms with Crippen molar-refractivity contribution in [3.8, 4) is 5.75 Å². The zero-order valence-electron chi connectivity index (χ0n) is 20.4. The monoisotopic (exact) mass is 479 g/mol. The van der Waals surface area contributed by atoms with Gasteiger partial charge in [-0.3, -0.25) is 9.36 Å². The summed E-state index contributed by atoms with van der Waals surface area (Å²) in [6, 6.07) is 6.68. The van der Waals surface area contributed by atoms with Gasteiger partial charge in [0, 0.05) is 17.8 Å². The molecule has 1 atom stereocenters. The van der Waals surface area contributed by atoms with Crippen molar-refractivity contribution in [3.63, 3.8) is 0 Å². The molecule has 1 aliphatic rings. The van der Waals surface area contributed by atoms with Crippen LogP contribution in [-0.4, -0.2) is 19.2 Å². The molecule has 0 spiro atoms. The van der Waals surface area contributed by atoms with Crippen LogP contribution >= 0.6 is 0 Å². The lowest BCUT2D eigenvalue weighted by Crippen LogP contribution is -2.43. The van der Waals surface area contributed by atoms with E-state index in [0.29, 0.717) is 11.4 Å². The first-order valence-corrected chi connectivity index (χ1v) is 13.8. The highest BCUT2D eigenvalue weighted by molar-refractivity contribution is 6.48. The Hall–Kier alpha value is -2.32. The first-order chi connectivity index (χ1) is 14.9. The number of benzene rings is 1. The predicted molar refractivity (Wildman–Crippen MR) is 127 cm³/mol. The largest absolute Gasteiger partial charge is 0.483 e. The molecule has 2 aromatic rings. The second-order valence-electron chi connectivity index (χ2n) is 10.5. The molecule has 4 nitrogen and oxygen atoms in total. The lowest BCUT2D eigenvalue weighted by atomic mass is 9.74. The van der Waals surface area contributed by atoms with Crippen molar-refractivity contribution in [2.45, 2.75) is 72.0 Å². The van der Waals surface area contributed by atoms with Gasteiger partial charge in [0.1, 0.15) is 11.4 Å². The SMILES string of the molecule is C[SiH](C)OC(C)(c1ccn(C2=CC(C)(C)Oc3ccc(C(F)(F)F)cc32)c(=O)c1)C(C)(C)C. The maximum atomic E-state index is 13.4. The summed E-state index contributed by atoms with van der Waals surface area (Å²) in [4.78, 5) is 13.3. The number of nitrogens with zero attached hydrogens (tertiary/aromatic N) is 1. The molecule has 0 fully saturated rings. The summed E-state index contributed by atoms with van der Waals surface area (Å²) < 4.78 is 53.8. The average Bonchev–Trinajstić information content (AvgIpc) is 2.64. The van der Waals surface area contributed by atoms with E-state index in [2.05, 4.69) is 33.9 Å². The van der Waals surface area contributed by atoms with Gasteiger partial charge in [0.25, 0.3) is 5.56 Å². The minimum absolute atomic E-state index is 0.225. The Morgan fingerprint density at radius 2 is 1.64 bits per heavy atom. The van der Waals surface area contributed by atoms with Crippen LogP contribution in [0.5, 0.6) is 5.75 Å². The van der Waals surface area contributed by atoms with E-state index in [4.69, 9.17) is 9.16 Å². The van der Waals surface area contributed by atoms with Gasteiger partial charge >= 0.3 is 6.18 Å². The van der Waals surface area contributed by atoms with Gasteiger partial charge < -0.3 is 9.16 Å². The zero-order chi connectivity index (χ0) is 25.0.